The zero-order valence-corrected chi connectivity index (χ0v) is 12.1. The molecule has 0 N–H and O–H groups in total. The second-order valence-corrected chi connectivity index (χ2v) is 5.16. The number of non-ortho nitro benzene ring substituents is 1. The maximum Gasteiger partial charge on any atom is 0.271 e. The van der Waals surface area contributed by atoms with E-state index >= 15 is 0 Å². The molecule has 7 heteroatoms. The van der Waals surface area contributed by atoms with Crippen LogP contribution in [-0.4, -0.2) is 24.0 Å². The Morgan fingerprint density at radius 2 is 2.09 bits per heavy atom. The molecule has 0 radical (unpaired) electrons. The molecule has 1 heterocycles. The monoisotopic (exact) mass is 318 g/mol. The van der Waals surface area contributed by atoms with Crippen LogP contribution >= 0.6 is 11.6 Å². The molecule has 1 amide bonds. The number of fused-ring (bicyclic) bond motifs is 1. The number of nitro groups is 1. The maximum atomic E-state index is 12.6. The van der Waals surface area contributed by atoms with Gasteiger partial charge in [0.15, 0.2) is 0 Å². The van der Waals surface area contributed by atoms with Crippen molar-refractivity contribution in [3.8, 4) is 5.75 Å². The van der Waals surface area contributed by atoms with Gasteiger partial charge in [-0.15, -0.1) is 0 Å². The molecule has 2 aromatic rings. The Morgan fingerprint density at radius 3 is 2.82 bits per heavy atom. The second-order valence-electron chi connectivity index (χ2n) is 4.72. The number of anilines is 1. The lowest BCUT2D eigenvalue weighted by Crippen LogP contribution is -2.38. The zero-order valence-electron chi connectivity index (χ0n) is 11.4. The van der Waals surface area contributed by atoms with E-state index in [2.05, 4.69) is 0 Å². The van der Waals surface area contributed by atoms with Crippen LogP contribution in [0.3, 0.4) is 0 Å². The largest absolute Gasteiger partial charge is 0.490 e. The van der Waals surface area contributed by atoms with E-state index in [0.717, 1.165) is 0 Å². The van der Waals surface area contributed by atoms with E-state index < -0.39 is 4.92 Å². The molecule has 1 aliphatic rings. The molecule has 0 spiro atoms. The molecular weight excluding hydrogens is 308 g/mol. The van der Waals surface area contributed by atoms with Crippen molar-refractivity contribution in [2.75, 3.05) is 18.1 Å². The van der Waals surface area contributed by atoms with Crippen LogP contribution in [0.5, 0.6) is 5.75 Å². The SMILES string of the molecule is O=C(c1cccc(Cl)c1)N1CCOc2ccc([N+](=O)[O-])cc21. The molecule has 0 saturated carbocycles. The third-order valence-electron chi connectivity index (χ3n) is 3.33. The average molecular weight is 319 g/mol. The summed E-state index contributed by atoms with van der Waals surface area (Å²) in [6.45, 7) is 0.649. The van der Waals surface area contributed by atoms with Gasteiger partial charge in [0, 0.05) is 22.7 Å². The molecule has 3 rings (SSSR count). The van der Waals surface area contributed by atoms with Crippen molar-refractivity contribution in [1.29, 1.82) is 0 Å². The first kappa shape index (κ1) is 14.3. The van der Waals surface area contributed by atoms with Crippen molar-refractivity contribution in [2.45, 2.75) is 0 Å². The smallest absolute Gasteiger partial charge is 0.271 e. The number of ether oxygens (including phenoxy) is 1. The van der Waals surface area contributed by atoms with Gasteiger partial charge in [0.25, 0.3) is 11.6 Å². The number of carbonyl (C=O) groups is 1. The Balaban J connectivity index is 2.02. The average Bonchev–Trinajstić information content (AvgIpc) is 2.53. The van der Waals surface area contributed by atoms with Gasteiger partial charge in [-0.05, 0) is 24.3 Å². The van der Waals surface area contributed by atoms with Gasteiger partial charge in [0.2, 0.25) is 0 Å². The summed E-state index contributed by atoms with van der Waals surface area (Å²) in [5.74, 6) is 0.180. The summed E-state index contributed by atoms with van der Waals surface area (Å²) in [7, 11) is 0. The van der Waals surface area contributed by atoms with Crippen molar-refractivity contribution in [3.05, 3.63) is 63.2 Å². The third kappa shape index (κ3) is 2.60. The van der Waals surface area contributed by atoms with Gasteiger partial charge in [0.05, 0.1) is 17.2 Å². The quantitative estimate of drug-likeness (QED) is 0.629. The van der Waals surface area contributed by atoms with Crippen molar-refractivity contribution in [1.82, 2.24) is 0 Å². The predicted octanol–water partition coefficient (Wildman–Crippen LogP) is 3.29. The van der Waals surface area contributed by atoms with Crippen LogP contribution in [0, 0.1) is 10.1 Å². The van der Waals surface area contributed by atoms with E-state index in [1.54, 1.807) is 24.3 Å². The fraction of sp³-hybridized carbons (Fsp3) is 0.133. The van der Waals surface area contributed by atoms with Crippen molar-refractivity contribution in [2.24, 2.45) is 0 Å². The molecule has 0 aliphatic carbocycles. The van der Waals surface area contributed by atoms with Crippen LogP contribution in [0.25, 0.3) is 0 Å². The van der Waals surface area contributed by atoms with Crippen LogP contribution in [0.1, 0.15) is 10.4 Å². The van der Waals surface area contributed by atoms with E-state index in [1.807, 2.05) is 0 Å². The fourth-order valence-corrected chi connectivity index (χ4v) is 2.50. The first-order valence-electron chi connectivity index (χ1n) is 6.55. The van der Waals surface area contributed by atoms with Gasteiger partial charge in [-0.1, -0.05) is 17.7 Å². The van der Waals surface area contributed by atoms with E-state index in [1.165, 1.54) is 23.1 Å². The van der Waals surface area contributed by atoms with Crippen molar-refractivity contribution < 1.29 is 14.5 Å². The summed E-state index contributed by atoms with van der Waals surface area (Å²) in [4.78, 5) is 24.5. The Bertz CT molecular complexity index is 763. The lowest BCUT2D eigenvalue weighted by atomic mass is 10.1. The van der Waals surface area contributed by atoms with Gasteiger partial charge in [0.1, 0.15) is 12.4 Å². The maximum absolute atomic E-state index is 12.6. The topological polar surface area (TPSA) is 72.7 Å². The number of halogens is 1. The van der Waals surface area contributed by atoms with Crippen LogP contribution in [0.2, 0.25) is 5.02 Å². The van der Waals surface area contributed by atoms with Crippen LogP contribution in [0.4, 0.5) is 11.4 Å². The summed E-state index contributed by atoms with van der Waals surface area (Å²) in [6.07, 6.45) is 0. The zero-order chi connectivity index (χ0) is 15.7. The summed E-state index contributed by atoms with van der Waals surface area (Å²) >= 11 is 5.91. The molecule has 0 unspecified atom stereocenters. The number of amides is 1. The van der Waals surface area contributed by atoms with E-state index in [0.29, 0.717) is 35.2 Å². The molecule has 1 aliphatic heterocycles. The van der Waals surface area contributed by atoms with Crippen LogP contribution in [0.15, 0.2) is 42.5 Å². The summed E-state index contributed by atoms with van der Waals surface area (Å²) in [6, 6.07) is 10.8. The third-order valence-corrected chi connectivity index (χ3v) is 3.57. The first-order valence-corrected chi connectivity index (χ1v) is 6.93. The van der Waals surface area contributed by atoms with Gasteiger partial charge in [-0.25, -0.2) is 0 Å². The van der Waals surface area contributed by atoms with Crippen LogP contribution in [-0.2, 0) is 0 Å². The van der Waals surface area contributed by atoms with E-state index in [4.69, 9.17) is 16.3 Å². The molecule has 0 aromatic heterocycles. The summed E-state index contributed by atoms with van der Waals surface area (Å²) in [5, 5.41) is 11.4. The molecule has 0 atom stereocenters. The van der Waals surface area contributed by atoms with E-state index in [-0.39, 0.29) is 11.6 Å². The van der Waals surface area contributed by atoms with Crippen LogP contribution < -0.4 is 9.64 Å². The molecule has 112 valence electrons. The Hall–Kier alpha value is -2.60. The number of benzene rings is 2. The molecule has 0 bridgehead atoms. The minimum atomic E-state index is -0.503. The van der Waals surface area contributed by atoms with Gasteiger partial charge in [-0.3, -0.25) is 14.9 Å². The Labute approximate surface area is 131 Å². The lowest BCUT2D eigenvalue weighted by molar-refractivity contribution is -0.384. The lowest BCUT2D eigenvalue weighted by Gasteiger charge is -2.29. The predicted molar refractivity (Wildman–Crippen MR) is 81.7 cm³/mol. The first-order chi connectivity index (χ1) is 10.6. The number of hydrogen-bond acceptors (Lipinski definition) is 4. The summed E-state index contributed by atoms with van der Waals surface area (Å²) in [5.41, 5.74) is 0.727. The Morgan fingerprint density at radius 1 is 1.27 bits per heavy atom. The highest BCUT2D eigenvalue weighted by molar-refractivity contribution is 6.31. The minimum Gasteiger partial charge on any atom is -0.490 e. The molecule has 2 aromatic carbocycles. The number of hydrogen-bond donors (Lipinski definition) is 0. The molecule has 6 nitrogen and oxygen atoms in total. The number of carbonyl (C=O) groups excluding carboxylic acids is 1. The molecule has 0 saturated heterocycles. The number of nitro benzene ring substituents is 1. The second kappa shape index (κ2) is 5.65. The normalized spacial score (nSPS) is 13.2. The fourth-order valence-electron chi connectivity index (χ4n) is 2.31. The highest BCUT2D eigenvalue weighted by atomic mass is 35.5. The van der Waals surface area contributed by atoms with E-state index in [9.17, 15) is 14.9 Å². The van der Waals surface area contributed by atoms with Gasteiger partial charge in [-0.2, -0.15) is 0 Å². The molecular formula is C15H11ClN2O4. The molecule has 22 heavy (non-hydrogen) atoms. The summed E-state index contributed by atoms with van der Waals surface area (Å²) < 4.78 is 5.46. The Kier molecular flexibility index (Phi) is 3.68. The number of nitrogens with zero attached hydrogens (tertiary/aromatic N) is 2. The number of rotatable bonds is 2. The standard InChI is InChI=1S/C15H11ClN2O4/c16-11-3-1-2-10(8-11)15(19)17-6-7-22-14-5-4-12(18(20)21)9-13(14)17/h1-5,8-9H,6-7H2. The highest BCUT2D eigenvalue weighted by Gasteiger charge is 2.26. The minimum absolute atomic E-state index is 0.0897. The van der Waals surface area contributed by atoms with Crippen molar-refractivity contribution >= 4 is 28.9 Å². The van der Waals surface area contributed by atoms with Gasteiger partial charge < -0.3 is 9.64 Å². The molecule has 0 fully saturated rings. The van der Waals surface area contributed by atoms with Gasteiger partial charge >= 0.3 is 0 Å². The highest BCUT2D eigenvalue weighted by Crippen LogP contribution is 2.35. The van der Waals surface area contributed by atoms with Crippen molar-refractivity contribution in [3.63, 3.8) is 0 Å².